The Balaban J connectivity index is 1.77. The van der Waals surface area contributed by atoms with E-state index in [-0.39, 0.29) is 35.6 Å². The van der Waals surface area contributed by atoms with Crippen molar-refractivity contribution in [1.82, 2.24) is 10.6 Å². The number of amides is 1. The summed E-state index contributed by atoms with van der Waals surface area (Å²) in [5.74, 6) is -0.968. The molecule has 1 atom stereocenters. The Kier molecular flexibility index (Phi) is 5.87. The average molecular weight is 330 g/mol. The average Bonchev–Trinajstić information content (AvgIpc) is 2.48. The van der Waals surface area contributed by atoms with Crippen molar-refractivity contribution in [2.75, 3.05) is 32.0 Å². The number of hydrogen-bond acceptors (Lipinski definition) is 5. The van der Waals surface area contributed by atoms with Gasteiger partial charge in [-0.25, -0.2) is 12.8 Å². The number of nitrogens with one attached hydrogen (secondary N) is 2. The monoisotopic (exact) mass is 330 g/mol. The van der Waals surface area contributed by atoms with E-state index in [2.05, 4.69) is 10.6 Å². The second kappa shape index (κ2) is 7.66. The highest BCUT2D eigenvalue weighted by Crippen LogP contribution is 2.11. The molecule has 1 amide bonds. The fourth-order valence-corrected chi connectivity index (χ4v) is 3.27. The second-order valence-electron chi connectivity index (χ2n) is 5.02. The minimum Gasteiger partial charge on any atom is -0.375 e. The van der Waals surface area contributed by atoms with Gasteiger partial charge in [0.2, 0.25) is 5.91 Å². The van der Waals surface area contributed by atoms with E-state index in [0.29, 0.717) is 13.2 Å². The van der Waals surface area contributed by atoms with Gasteiger partial charge in [0.25, 0.3) is 0 Å². The summed E-state index contributed by atoms with van der Waals surface area (Å²) in [5, 5.41) is 5.68. The zero-order valence-corrected chi connectivity index (χ0v) is 12.9. The van der Waals surface area contributed by atoms with Crippen LogP contribution < -0.4 is 10.6 Å². The molecule has 1 aromatic carbocycles. The molecule has 1 aromatic rings. The highest BCUT2D eigenvalue weighted by atomic mass is 32.2. The Bertz CT molecular complexity index is 598. The van der Waals surface area contributed by atoms with E-state index in [9.17, 15) is 17.6 Å². The van der Waals surface area contributed by atoms with Crippen LogP contribution in [0.15, 0.2) is 29.2 Å². The zero-order valence-electron chi connectivity index (χ0n) is 12.0. The van der Waals surface area contributed by atoms with Crippen LogP contribution in [0, 0.1) is 5.82 Å². The maximum Gasteiger partial charge on any atom is 0.222 e. The van der Waals surface area contributed by atoms with E-state index in [4.69, 9.17) is 4.74 Å². The molecule has 22 heavy (non-hydrogen) atoms. The van der Waals surface area contributed by atoms with Crippen LogP contribution in [0.2, 0.25) is 0 Å². The number of carbonyl (C=O) groups excluding carboxylic acids is 1. The highest BCUT2D eigenvalue weighted by molar-refractivity contribution is 7.91. The molecule has 1 unspecified atom stereocenters. The molecule has 2 rings (SSSR count). The molecule has 8 heteroatoms. The SMILES string of the molecule is O=C(CC1CNCCO1)NCCS(=O)(=O)c1ccc(F)cc1. The first-order valence-electron chi connectivity index (χ1n) is 7.05. The van der Waals surface area contributed by atoms with E-state index in [1.54, 1.807) is 0 Å². The summed E-state index contributed by atoms with van der Waals surface area (Å²) in [6.45, 7) is 1.96. The van der Waals surface area contributed by atoms with E-state index in [1.165, 1.54) is 12.1 Å². The Morgan fingerprint density at radius 3 is 2.73 bits per heavy atom. The molecule has 0 saturated carbocycles. The van der Waals surface area contributed by atoms with Gasteiger partial charge in [-0.15, -0.1) is 0 Å². The van der Waals surface area contributed by atoms with Crippen LogP contribution in [-0.2, 0) is 19.4 Å². The molecule has 1 fully saturated rings. The number of sulfone groups is 1. The van der Waals surface area contributed by atoms with Gasteiger partial charge in [-0.05, 0) is 24.3 Å². The molecule has 0 spiro atoms. The van der Waals surface area contributed by atoms with E-state index >= 15 is 0 Å². The quantitative estimate of drug-likeness (QED) is 0.723. The topological polar surface area (TPSA) is 84.5 Å². The first kappa shape index (κ1) is 16.9. The number of ether oxygens (including phenoxy) is 1. The van der Waals surface area contributed by atoms with Crippen molar-refractivity contribution < 1.29 is 22.3 Å². The minimum atomic E-state index is -3.53. The van der Waals surface area contributed by atoms with Gasteiger partial charge in [0.05, 0.1) is 29.8 Å². The lowest BCUT2D eigenvalue weighted by Gasteiger charge is -2.23. The maximum absolute atomic E-state index is 12.8. The summed E-state index contributed by atoms with van der Waals surface area (Å²) in [4.78, 5) is 11.8. The first-order chi connectivity index (χ1) is 10.5. The Labute approximate surface area is 129 Å². The van der Waals surface area contributed by atoms with Gasteiger partial charge in [-0.3, -0.25) is 4.79 Å². The number of hydrogen-bond donors (Lipinski definition) is 2. The van der Waals surface area contributed by atoms with Gasteiger partial charge in [-0.1, -0.05) is 0 Å². The van der Waals surface area contributed by atoms with E-state index in [1.807, 2.05) is 0 Å². The van der Waals surface area contributed by atoms with Gasteiger partial charge < -0.3 is 15.4 Å². The molecule has 0 radical (unpaired) electrons. The zero-order chi connectivity index (χ0) is 16.0. The molecule has 0 aromatic heterocycles. The van der Waals surface area contributed by atoms with Crippen LogP contribution in [0.25, 0.3) is 0 Å². The molecule has 6 nitrogen and oxygen atoms in total. The summed E-state index contributed by atoms with van der Waals surface area (Å²) in [6.07, 6.45) is 0.0197. The summed E-state index contributed by atoms with van der Waals surface area (Å²) >= 11 is 0. The summed E-state index contributed by atoms with van der Waals surface area (Å²) < 4.78 is 42.2. The Morgan fingerprint density at radius 1 is 1.36 bits per heavy atom. The van der Waals surface area contributed by atoms with Crippen molar-refractivity contribution in [2.45, 2.75) is 17.4 Å². The van der Waals surface area contributed by atoms with Crippen molar-refractivity contribution in [3.63, 3.8) is 0 Å². The summed E-state index contributed by atoms with van der Waals surface area (Å²) in [6, 6.07) is 4.62. The summed E-state index contributed by atoms with van der Waals surface area (Å²) in [7, 11) is -3.53. The standard InChI is InChI=1S/C14H19FN2O4S/c15-11-1-3-13(4-2-11)22(19,20)8-6-17-14(18)9-12-10-16-5-7-21-12/h1-4,12,16H,5-10H2,(H,17,18). The lowest BCUT2D eigenvalue weighted by Crippen LogP contribution is -2.42. The van der Waals surface area contributed by atoms with Crippen LogP contribution in [0.3, 0.4) is 0 Å². The van der Waals surface area contributed by atoms with Gasteiger partial charge in [0, 0.05) is 19.6 Å². The van der Waals surface area contributed by atoms with Crippen molar-refractivity contribution in [2.24, 2.45) is 0 Å². The third-order valence-electron chi connectivity index (χ3n) is 3.28. The largest absolute Gasteiger partial charge is 0.375 e. The van der Waals surface area contributed by atoms with E-state index in [0.717, 1.165) is 18.7 Å². The van der Waals surface area contributed by atoms with Crippen LogP contribution in [-0.4, -0.2) is 52.4 Å². The second-order valence-corrected chi connectivity index (χ2v) is 7.13. The van der Waals surface area contributed by atoms with Crippen LogP contribution >= 0.6 is 0 Å². The number of halogens is 1. The summed E-state index contributed by atoms with van der Waals surface area (Å²) in [5.41, 5.74) is 0. The Morgan fingerprint density at radius 2 is 2.09 bits per heavy atom. The lowest BCUT2D eigenvalue weighted by molar-refractivity contribution is -0.124. The molecule has 2 N–H and O–H groups in total. The predicted molar refractivity (Wildman–Crippen MR) is 78.7 cm³/mol. The predicted octanol–water partition coefficient (Wildman–Crippen LogP) is 0.0941. The van der Waals surface area contributed by atoms with E-state index < -0.39 is 15.7 Å². The molecule has 1 heterocycles. The lowest BCUT2D eigenvalue weighted by atomic mass is 10.2. The fraction of sp³-hybridized carbons (Fsp3) is 0.500. The minimum absolute atomic E-state index is 0.0126. The van der Waals surface area contributed by atoms with Gasteiger partial charge in [-0.2, -0.15) is 0 Å². The van der Waals surface area contributed by atoms with Crippen LogP contribution in [0.4, 0.5) is 4.39 Å². The molecule has 1 aliphatic heterocycles. The van der Waals surface area contributed by atoms with Gasteiger partial charge >= 0.3 is 0 Å². The molecule has 122 valence electrons. The van der Waals surface area contributed by atoms with Crippen molar-refractivity contribution in [3.05, 3.63) is 30.1 Å². The van der Waals surface area contributed by atoms with Gasteiger partial charge in [0.1, 0.15) is 5.82 Å². The van der Waals surface area contributed by atoms with Gasteiger partial charge in [0.15, 0.2) is 9.84 Å². The number of rotatable bonds is 6. The van der Waals surface area contributed by atoms with Crippen molar-refractivity contribution in [3.8, 4) is 0 Å². The smallest absolute Gasteiger partial charge is 0.222 e. The Hall–Kier alpha value is -1.51. The van der Waals surface area contributed by atoms with Crippen molar-refractivity contribution >= 4 is 15.7 Å². The molecule has 1 aliphatic rings. The molecular weight excluding hydrogens is 311 g/mol. The number of benzene rings is 1. The third kappa shape index (κ3) is 5.04. The first-order valence-corrected chi connectivity index (χ1v) is 8.70. The van der Waals surface area contributed by atoms with Crippen LogP contribution in [0.5, 0.6) is 0 Å². The fourth-order valence-electron chi connectivity index (χ4n) is 2.11. The molecule has 0 bridgehead atoms. The third-order valence-corrected chi connectivity index (χ3v) is 5.02. The van der Waals surface area contributed by atoms with Crippen molar-refractivity contribution in [1.29, 1.82) is 0 Å². The number of morpholine rings is 1. The number of carbonyl (C=O) groups is 1. The normalized spacial score (nSPS) is 18.9. The maximum atomic E-state index is 12.8. The highest BCUT2D eigenvalue weighted by Gasteiger charge is 2.18. The molecular formula is C14H19FN2O4S. The molecule has 0 aliphatic carbocycles. The molecule has 1 saturated heterocycles. The van der Waals surface area contributed by atoms with Crippen LogP contribution in [0.1, 0.15) is 6.42 Å².